The highest BCUT2D eigenvalue weighted by molar-refractivity contribution is 7.10. The topological polar surface area (TPSA) is 82.5 Å². The summed E-state index contributed by atoms with van der Waals surface area (Å²) >= 11 is 0.843. The van der Waals surface area contributed by atoms with E-state index in [4.69, 9.17) is 0 Å². The fourth-order valence-corrected chi connectivity index (χ4v) is 2.70. The number of para-hydroxylation sites is 1. The summed E-state index contributed by atoms with van der Waals surface area (Å²) in [4.78, 5) is 29.4. The van der Waals surface area contributed by atoms with Crippen LogP contribution in [0.5, 0.6) is 5.88 Å². The molecular weight excluding hydrogens is 276 g/mol. The van der Waals surface area contributed by atoms with Crippen molar-refractivity contribution in [2.45, 2.75) is 6.92 Å². The van der Waals surface area contributed by atoms with Crippen LogP contribution in [0.25, 0.3) is 12.2 Å². The van der Waals surface area contributed by atoms with Gasteiger partial charge in [0.25, 0.3) is 5.91 Å². The summed E-state index contributed by atoms with van der Waals surface area (Å²) in [6, 6.07) is 5.65. The maximum Gasteiger partial charge on any atom is 0.307 e. The van der Waals surface area contributed by atoms with Gasteiger partial charge in [-0.1, -0.05) is 29.5 Å². The second-order valence-electron chi connectivity index (χ2n) is 4.40. The number of H-pyrrole nitrogens is 1. The van der Waals surface area contributed by atoms with Crippen molar-refractivity contribution < 1.29 is 9.90 Å². The maximum atomic E-state index is 12.0. The number of benzene rings is 1. The average molecular weight is 286 g/mol. The Kier molecular flexibility index (Phi) is 2.87. The predicted molar refractivity (Wildman–Crippen MR) is 76.0 cm³/mol. The molecule has 0 fully saturated rings. The molecule has 0 radical (unpaired) electrons. The van der Waals surface area contributed by atoms with Crippen molar-refractivity contribution in [3.63, 3.8) is 0 Å². The van der Waals surface area contributed by atoms with Crippen molar-refractivity contribution in [2.24, 2.45) is 4.99 Å². The van der Waals surface area contributed by atoms with Gasteiger partial charge in [0.15, 0.2) is 0 Å². The molecule has 0 atom stereocenters. The molecule has 1 aromatic heterocycles. The number of rotatable bonds is 1. The number of hydrogen-bond acceptors (Lipinski definition) is 4. The van der Waals surface area contributed by atoms with Crippen LogP contribution in [0.3, 0.4) is 0 Å². The number of aryl methyl sites for hydroxylation is 1. The zero-order chi connectivity index (χ0) is 14.3. The van der Waals surface area contributed by atoms with Crippen LogP contribution in [0.4, 0.5) is 0 Å². The molecule has 0 unspecified atom stereocenters. The second-order valence-corrected chi connectivity index (χ2v) is 5.42. The minimum Gasteiger partial charge on any atom is -0.493 e. The molecule has 1 aliphatic rings. The van der Waals surface area contributed by atoms with Crippen molar-refractivity contribution in [1.29, 1.82) is 0 Å². The molecule has 3 rings (SSSR count). The first-order valence-corrected chi connectivity index (χ1v) is 6.70. The van der Waals surface area contributed by atoms with E-state index in [-0.39, 0.29) is 16.7 Å². The number of fused-ring (bicyclic) bond motifs is 1. The van der Waals surface area contributed by atoms with Gasteiger partial charge in [0.05, 0.1) is 10.2 Å². The minimum absolute atomic E-state index is 0.233. The number of amides is 1. The van der Waals surface area contributed by atoms with Gasteiger partial charge in [0, 0.05) is 10.8 Å². The number of aromatic hydroxyl groups is 1. The lowest BCUT2D eigenvalue weighted by Gasteiger charge is -2.04. The number of nitrogens with zero attached hydrogens (tertiary/aromatic N) is 1. The minimum atomic E-state index is -0.382. The first kappa shape index (κ1) is 12.6. The molecule has 2 N–H and O–H groups in total. The van der Waals surface area contributed by atoms with Gasteiger partial charge >= 0.3 is 4.87 Å². The van der Waals surface area contributed by atoms with Crippen molar-refractivity contribution >= 4 is 29.4 Å². The number of aromatic amines is 1. The van der Waals surface area contributed by atoms with E-state index in [1.807, 2.05) is 25.1 Å². The standard InChI is InChI=1S/C14H10N2O3S/c1-7-3-2-4-8-5-9(12(17)15-11(7)8)6-10-13(18)16-14(19)20-10/h2-6,18H,1H3,(H,16,19)/b9-6-. The van der Waals surface area contributed by atoms with Gasteiger partial charge in [-0.15, -0.1) is 0 Å². The van der Waals surface area contributed by atoms with E-state index in [0.29, 0.717) is 15.8 Å². The molecule has 6 heteroatoms. The monoisotopic (exact) mass is 286 g/mol. The number of hydrogen-bond donors (Lipinski definition) is 2. The normalized spacial score (nSPS) is 15.7. The van der Waals surface area contributed by atoms with Gasteiger partial charge in [0.1, 0.15) is 0 Å². The summed E-state index contributed by atoms with van der Waals surface area (Å²) in [6.45, 7) is 1.89. The molecule has 1 amide bonds. The van der Waals surface area contributed by atoms with E-state index in [2.05, 4.69) is 9.98 Å². The van der Waals surface area contributed by atoms with E-state index < -0.39 is 0 Å². The first-order chi connectivity index (χ1) is 9.54. The van der Waals surface area contributed by atoms with E-state index in [0.717, 1.165) is 22.1 Å². The Morgan fingerprint density at radius 2 is 2.15 bits per heavy atom. The first-order valence-electron chi connectivity index (χ1n) is 5.89. The Balaban J connectivity index is 2.20. The number of carbonyl (C=O) groups is 1. The third kappa shape index (κ3) is 2.10. The second kappa shape index (κ2) is 4.57. The summed E-state index contributed by atoms with van der Waals surface area (Å²) < 4.78 is 0. The molecule has 1 aromatic carbocycles. The third-order valence-corrected chi connectivity index (χ3v) is 3.80. The van der Waals surface area contributed by atoms with E-state index in [1.54, 1.807) is 6.08 Å². The lowest BCUT2D eigenvalue weighted by atomic mass is 10.1. The zero-order valence-corrected chi connectivity index (χ0v) is 11.3. The number of nitrogens with one attached hydrogen (secondary N) is 1. The summed E-state index contributed by atoms with van der Waals surface area (Å²) in [5.41, 5.74) is 1.27. The predicted octanol–water partition coefficient (Wildman–Crippen LogP) is 0.474. The van der Waals surface area contributed by atoms with Crippen LogP contribution in [0.2, 0.25) is 0 Å². The number of aromatic nitrogens is 1. The molecule has 0 spiro atoms. The van der Waals surface area contributed by atoms with Gasteiger partial charge in [-0.2, -0.15) is 0 Å². The summed E-state index contributed by atoms with van der Waals surface area (Å²) in [7, 11) is 0. The largest absolute Gasteiger partial charge is 0.493 e. The molecule has 0 aliphatic carbocycles. The lowest BCUT2D eigenvalue weighted by molar-refractivity contribution is -0.114. The molecular formula is C14H10N2O3S. The van der Waals surface area contributed by atoms with Gasteiger partial charge in [-0.3, -0.25) is 14.6 Å². The Morgan fingerprint density at radius 1 is 1.35 bits per heavy atom. The molecule has 20 heavy (non-hydrogen) atoms. The Labute approximate surface area is 117 Å². The average Bonchev–Trinajstić information content (AvgIpc) is 2.70. The highest BCUT2D eigenvalue weighted by Crippen LogP contribution is 2.20. The Morgan fingerprint density at radius 3 is 2.85 bits per heavy atom. The quantitative estimate of drug-likeness (QED) is 0.748. The van der Waals surface area contributed by atoms with Crippen molar-refractivity contribution in [2.75, 3.05) is 0 Å². The molecule has 0 bridgehead atoms. The molecule has 2 aromatic rings. The molecule has 100 valence electrons. The van der Waals surface area contributed by atoms with Crippen LogP contribution in [0, 0.1) is 6.92 Å². The van der Waals surface area contributed by atoms with E-state index >= 15 is 0 Å². The molecule has 0 saturated carbocycles. The van der Waals surface area contributed by atoms with Crippen LogP contribution in [-0.2, 0) is 4.79 Å². The van der Waals surface area contributed by atoms with Crippen molar-refractivity contribution in [1.82, 2.24) is 4.98 Å². The van der Waals surface area contributed by atoms with Crippen LogP contribution in [0.15, 0.2) is 33.6 Å². The molecule has 5 nitrogen and oxygen atoms in total. The van der Waals surface area contributed by atoms with Crippen LogP contribution in [-0.4, -0.2) is 16.0 Å². The molecule has 0 saturated heterocycles. The molecule has 2 heterocycles. The van der Waals surface area contributed by atoms with Crippen molar-refractivity contribution in [3.8, 4) is 5.88 Å². The van der Waals surface area contributed by atoms with Crippen molar-refractivity contribution in [3.05, 3.63) is 54.5 Å². The van der Waals surface area contributed by atoms with Gasteiger partial charge in [-0.25, -0.2) is 4.99 Å². The number of thiazole rings is 1. The fourth-order valence-electron chi connectivity index (χ4n) is 2.02. The van der Waals surface area contributed by atoms with Crippen LogP contribution >= 0.6 is 11.3 Å². The molecule has 1 aliphatic heterocycles. The van der Waals surface area contributed by atoms with E-state index in [9.17, 15) is 14.7 Å². The van der Waals surface area contributed by atoms with Crippen LogP contribution < -0.4 is 15.4 Å². The maximum absolute atomic E-state index is 12.0. The summed E-state index contributed by atoms with van der Waals surface area (Å²) in [5, 5.41) is 11.1. The lowest BCUT2D eigenvalue weighted by Crippen LogP contribution is -2.32. The Bertz CT molecular complexity index is 919. The summed E-state index contributed by atoms with van der Waals surface area (Å²) in [5.74, 6) is -0.615. The summed E-state index contributed by atoms with van der Waals surface area (Å²) in [6.07, 6.45) is 3.18. The van der Waals surface area contributed by atoms with Gasteiger partial charge in [-0.05, 0) is 24.6 Å². The highest BCUT2D eigenvalue weighted by atomic mass is 32.1. The van der Waals surface area contributed by atoms with Gasteiger partial charge < -0.3 is 5.11 Å². The smallest absolute Gasteiger partial charge is 0.307 e. The fraction of sp³-hybridized carbons (Fsp3) is 0.0714. The Hall–Kier alpha value is -2.47. The SMILES string of the molecule is Cc1cccc2c1=NC(=O)/C(=C\c1sc(=O)[nH]c1O)C=2. The van der Waals surface area contributed by atoms with E-state index in [1.165, 1.54) is 6.08 Å². The van der Waals surface area contributed by atoms with Crippen LogP contribution in [0.1, 0.15) is 10.4 Å². The number of carbonyl (C=O) groups excluding carboxylic acids is 1. The van der Waals surface area contributed by atoms with Gasteiger partial charge in [0.2, 0.25) is 5.88 Å². The third-order valence-electron chi connectivity index (χ3n) is 2.98. The zero-order valence-electron chi connectivity index (χ0n) is 10.5. The highest BCUT2D eigenvalue weighted by Gasteiger charge is 2.13.